The van der Waals surface area contributed by atoms with Gasteiger partial charge in [-0.1, -0.05) is 48.3 Å². The predicted octanol–water partition coefficient (Wildman–Crippen LogP) is 2.94. The van der Waals surface area contributed by atoms with Crippen LogP contribution in [0.25, 0.3) is 22.4 Å². The van der Waals surface area contributed by atoms with Crippen molar-refractivity contribution < 1.29 is 9.47 Å². The zero-order valence-electron chi connectivity index (χ0n) is 15.2. The molecule has 0 N–H and O–H groups in total. The van der Waals surface area contributed by atoms with Gasteiger partial charge in [0.15, 0.2) is 5.82 Å². The number of ether oxygens (including phenoxy) is 2. The van der Waals surface area contributed by atoms with Crippen molar-refractivity contribution in [1.82, 2.24) is 14.6 Å². The molecule has 28 heavy (non-hydrogen) atoms. The molecule has 0 saturated carbocycles. The van der Waals surface area contributed by atoms with Gasteiger partial charge in [-0.3, -0.25) is 4.79 Å². The SMILES string of the molecule is C=CCOc1ccc(C=c2sc3nc(-c4ccccc4OC)nn3c2=O)cc1. The highest BCUT2D eigenvalue weighted by Crippen LogP contribution is 2.27. The van der Waals surface area contributed by atoms with Crippen LogP contribution >= 0.6 is 11.3 Å². The Morgan fingerprint density at radius 1 is 1.18 bits per heavy atom. The van der Waals surface area contributed by atoms with Crippen molar-refractivity contribution in [1.29, 1.82) is 0 Å². The summed E-state index contributed by atoms with van der Waals surface area (Å²) in [6, 6.07) is 15.0. The summed E-state index contributed by atoms with van der Waals surface area (Å²) in [5.74, 6) is 1.89. The summed E-state index contributed by atoms with van der Waals surface area (Å²) >= 11 is 1.30. The molecule has 4 rings (SSSR count). The van der Waals surface area contributed by atoms with E-state index in [0.717, 1.165) is 16.9 Å². The van der Waals surface area contributed by atoms with Crippen LogP contribution in [0, 0.1) is 0 Å². The molecule has 0 fully saturated rings. The number of aromatic nitrogens is 3. The molecule has 140 valence electrons. The van der Waals surface area contributed by atoms with Crippen LogP contribution in [-0.4, -0.2) is 28.3 Å². The van der Waals surface area contributed by atoms with E-state index in [4.69, 9.17) is 9.47 Å². The summed E-state index contributed by atoms with van der Waals surface area (Å²) in [6.07, 6.45) is 3.51. The van der Waals surface area contributed by atoms with E-state index in [-0.39, 0.29) is 5.56 Å². The number of hydrogen-bond acceptors (Lipinski definition) is 6. The average Bonchev–Trinajstić information content (AvgIpc) is 3.27. The molecule has 0 spiro atoms. The monoisotopic (exact) mass is 391 g/mol. The maximum Gasteiger partial charge on any atom is 0.291 e. The number of fused-ring (bicyclic) bond motifs is 1. The van der Waals surface area contributed by atoms with Crippen LogP contribution in [-0.2, 0) is 0 Å². The molecule has 7 heteroatoms. The summed E-state index contributed by atoms with van der Waals surface area (Å²) < 4.78 is 12.7. The fourth-order valence-electron chi connectivity index (χ4n) is 2.74. The van der Waals surface area contributed by atoms with E-state index >= 15 is 0 Å². The number of methoxy groups -OCH3 is 1. The molecule has 0 aliphatic rings. The number of hydrogen-bond donors (Lipinski definition) is 0. The molecular formula is C21H17N3O3S. The van der Waals surface area contributed by atoms with Gasteiger partial charge in [0, 0.05) is 0 Å². The van der Waals surface area contributed by atoms with E-state index in [2.05, 4.69) is 16.7 Å². The quantitative estimate of drug-likeness (QED) is 0.473. The molecule has 0 unspecified atom stereocenters. The molecule has 2 aromatic heterocycles. The van der Waals surface area contributed by atoms with Crippen molar-refractivity contribution in [3.05, 3.63) is 81.6 Å². The van der Waals surface area contributed by atoms with Gasteiger partial charge in [0.1, 0.15) is 18.1 Å². The third kappa shape index (κ3) is 3.39. The second-order valence-electron chi connectivity index (χ2n) is 5.91. The third-order valence-corrected chi connectivity index (χ3v) is 5.03. The Balaban J connectivity index is 1.69. The van der Waals surface area contributed by atoms with Gasteiger partial charge in [-0.05, 0) is 35.9 Å². The fraction of sp³-hybridized carbons (Fsp3) is 0.0952. The summed E-state index contributed by atoms with van der Waals surface area (Å²) in [5.41, 5.74) is 1.46. The van der Waals surface area contributed by atoms with Crippen molar-refractivity contribution in [2.75, 3.05) is 13.7 Å². The predicted molar refractivity (Wildman–Crippen MR) is 110 cm³/mol. The Labute approximate surface area is 165 Å². The van der Waals surface area contributed by atoms with Crippen LogP contribution in [0.15, 0.2) is 66.0 Å². The standard InChI is InChI=1S/C21H17N3O3S/c1-3-12-27-15-10-8-14(9-11-15)13-18-20(25)24-21(28-18)22-19(23-24)16-6-4-5-7-17(16)26-2/h3-11,13H,1,12H2,2H3. The average molecular weight is 391 g/mol. The van der Waals surface area contributed by atoms with Gasteiger partial charge in [-0.2, -0.15) is 9.50 Å². The largest absolute Gasteiger partial charge is 0.496 e. The summed E-state index contributed by atoms with van der Waals surface area (Å²) in [7, 11) is 1.59. The first-order valence-electron chi connectivity index (χ1n) is 8.58. The van der Waals surface area contributed by atoms with Crippen molar-refractivity contribution >= 4 is 22.4 Å². The number of para-hydroxylation sites is 1. The molecule has 0 bridgehead atoms. The topological polar surface area (TPSA) is 65.7 Å². The molecule has 2 heterocycles. The van der Waals surface area contributed by atoms with E-state index in [1.807, 2.05) is 54.6 Å². The molecule has 0 saturated heterocycles. The molecule has 0 atom stereocenters. The molecular weight excluding hydrogens is 374 g/mol. The number of rotatable bonds is 6. The number of thiazole rings is 1. The van der Waals surface area contributed by atoms with Gasteiger partial charge in [0.25, 0.3) is 5.56 Å². The molecule has 0 amide bonds. The highest BCUT2D eigenvalue weighted by Gasteiger charge is 2.14. The molecule has 0 radical (unpaired) electrons. The van der Waals surface area contributed by atoms with Crippen LogP contribution in [0.5, 0.6) is 11.5 Å². The first-order chi connectivity index (χ1) is 13.7. The Morgan fingerprint density at radius 2 is 1.96 bits per heavy atom. The third-order valence-electron chi connectivity index (χ3n) is 4.08. The van der Waals surface area contributed by atoms with Gasteiger partial charge >= 0.3 is 0 Å². The smallest absolute Gasteiger partial charge is 0.291 e. The molecule has 6 nitrogen and oxygen atoms in total. The number of benzene rings is 2. The van der Waals surface area contributed by atoms with Gasteiger partial charge in [0.05, 0.1) is 17.2 Å². The lowest BCUT2D eigenvalue weighted by Gasteiger charge is -2.03. The van der Waals surface area contributed by atoms with Crippen molar-refractivity contribution in [2.24, 2.45) is 0 Å². The van der Waals surface area contributed by atoms with E-state index in [1.165, 1.54) is 15.9 Å². The Bertz CT molecular complexity index is 1240. The second kappa shape index (κ2) is 7.66. The van der Waals surface area contributed by atoms with Crippen molar-refractivity contribution in [3.63, 3.8) is 0 Å². The van der Waals surface area contributed by atoms with Gasteiger partial charge in [0.2, 0.25) is 4.96 Å². The maximum absolute atomic E-state index is 12.7. The molecule has 0 aliphatic carbocycles. The van der Waals surface area contributed by atoms with E-state index in [0.29, 0.717) is 27.7 Å². The van der Waals surface area contributed by atoms with Crippen molar-refractivity contribution in [3.8, 4) is 22.9 Å². The maximum atomic E-state index is 12.7. The van der Waals surface area contributed by atoms with E-state index in [9.17, 15) is 4.79 Å². The highest BCUT2D eigenvalue weighted by molar-refractivity contribution is 7.15. The first kappa shape index (κ1) is 17.9. The van der Waals surface area contributed by atoms with E-state index < -0.39 is 0 Å². The number of nitrogens with zero attached hydrogens (tertiary/aromatic N) is 3. The van der Waals surface area contributed by atoms with Crippen LogP contribution in [0.2, 0.25) is 0 Å². The Morgan fingerprint density at radius 3 is 2.68 bits per heavy atom. The summed E-state index contributed by atoms with van der Waals surface area (Å²) in [4.78, 5) is 17.8. The van der Waals surface area contributed by atoms with Crippen LogP contribution < -0.4 is 19.6 Å². The van der Waals surface area contributed by atoms with Gasteiger partial charge in [-0.15, -0.1) is 5.10 Å². The first-order valence-corrected chi connectivity index (χ1v) is 9.39. The van der Waals surface area contributed by atoms with Crippen LogP contribution in [0.4, 0.5) is 0 Å². The molecule has 2 aromatic carbocycles. The lowest BCUT2D eigenvalue weighted by molar-refractivity contribution is 0.363. The highest BCUT2D eigenvalue weighted by atomic mass is 32.1. The minimum absolute atomic E-state index is 0.194. The molecule has 4 aromatic rings. The second-order valence-corrected chi connectivity index (χ2v) is 6.92. The minimum Gasteiger partial charge on any atom is -0.496 e. The van der Waals surface area contributed by atoms with Gasteiger partial charge in [-0.25, -0.2) is 0 Å². The summed E-state index contributed by atoms with van der Waals surface area (Å²) in [5, 5.41) is 4.38. The van der Waals surface area contributed by atoms with Crippen LogP contribution in [0.1, 0.15) is 5.56 Å². The normalized spacial score (nSPS) is 11.7. The lowest BCUT2D eigenvalue weighted by atomic mass is 10.2. The summed E-state index contributed by atoms with van der Waals surface area (Å²) in [6.45, 7) is 4.08. The zero-order chi connectivity index (χ0) is 19.5. The fourth-order valence-corrected chi connectivity index (χ4v) is 3.65. The lowest BCUT2D eigenvalue weighted by Crippen LogP contribution is -2.23. The minimum atomic E-state index is -0.194. The van der Waals surface area contributed by atoms with E-state index in [1.54, 1.807) is 13.2 Å². The van der Waals surface area contributed by atoms with Crippen molar-refractivity contribution in [2.45, 2.75) is 0 Å². The molecule has 0 aliphatic heterocycles. The Hall–Kier alpha value is -3.45. The Kier molecular flexibility index (Phi) is 4.90. The zero-order valence-corrected chi connectivity index (χ0v) is 16.0. The van der Waals surface area contributed by atoms with Crippen LogP contribution in [0.3, 0.4) is 0 Å². The van der Waals surface area contributed by atoms with Gasteiger partial charge < -0.3 is 9.47 Å².